The maximum absolute atomic E-state index is 13.4. The first-order valence-corrected chi connectivity index (χ1v) is 10.9. The van der Waals surface area contributed by atoms with Crippen LogP contribution in [0.25, 0.3) is 0 Å². The first-order chi connectivity index (χ1) is 12.4. The molecule has 0 aromatic rings. The van der Waals surface area contributed by atoms with E-state index in [2.05, 4.69) is 19.9 Å². The standard InChI is InChI=1S/C23H34O3/c1-22-13-4-3-6-15(22)9-11-17-18-12-10-16(7-5-8-21(25)26)23(18,2)20(24)14-19(17)22/h14-18H,3-13H2,1-2H3,(H,25,26). The van der Waals surface area contributed by atoms with Crippen LogP contribution in [-0.2, 0) is 9.59 Å². The van der Waals surface area contributed by atoms with E-state index in [-0.39, 0.29) is 17.3 Å². The maximum atomic E-state index is 13.4. The lowest BCUT2D eigenvalue weighted by Crippen LogP contribution is -2.50. The van der Waals surface area contributed by atoms with E-state index >= 15 is 0 Å². The Hall–Kier alpha value is -1.12. The van der Waals surface area contributed by atoms with E-state index in [0.717, 1.165) is 25.2 Å². The molecule has 0 saturated heterocycles. The van der Waals surface area contributed by atoms with Crippen molar-refractivity contribution in [1.82, 2.24) is 0 Å². The Morgan fingerprint density at radius 1 is 1.15 bits per heavy atom. The van der Waals surface area contributed by atoms with Gasteiger partial charge in [-0.1, -0.05) is 32.3 Å². The fourth-order valence-electron chi connectivity index (χ4n) is 7.43. The lowest BCUT2D eigenvalue weighted by molar-refractivity contribution is -0.137. The summed E-state index contributed by atoms with van der Waals surface area (Å²) in [4.78, 5) is 24.3. The number of ketones is 1. The average Bonchev–Trinajstić information content (AvgIpc) is 2.93. The smallest absolute Gasteiger partial charge is 0.303 e. The summed E-state index contributed by atoms with van der Waals surface area (Å²) in [5.41, 5.74) is 1.52. The number of carboxylic acids is 1. The molecule has 26 heavy (non-hydrogen) atoms. The minimum Gasteiger partial charge on any atom is -0.481 e. The van der Waals surface area contributed by atoms with Gasteiger partial charge in [0.15, 0.2) is 5.78 Å². The predicted molar refractivity (Wildman–Crippen MR) is 102 cm³/mol. The average molecular weight is 359 g/mol. The van der Waals surface area contributed by atoms with Crippen molar-refractivity contribution >= 4 is 11.8 Å². The molecule has 0 amide bonds. The maximum Gasteiger partial charge on any atom is 0.303 e. The molecule has 0 spiro atoms. The van der Waals surface area contributed by atoms with Crippen LogP contribution >= 0.6 is 0 Å². The molecule has 0 bridgehead atoms. The summed E-state index contributed by atoms with van der Waals surface area (Å²) < 4.78 is 0. The quantitative estimate of drug-likeness (QED) is 0.733. The molecule has 4 aliphatic rings. The molecule has 4 rings (SSSR count). The van der Waals surface area contributed by atoms with Crippen LogP contribution < -0.4 is 0 Å². The molecule has 0 heterocycles. The minimum atomic E-state index is -0.717. The van der Waals surface area contributed by atoms with Crippen LogP contribution in [0.3, 0.4) is 0 Å². The van der Waals surface area contributed by atoms with Gasteiger partial charge in [0.25, 0.3) is 0 Å². The van der Waals surface area contributed by atoms with Gasteiger partial charge < -0.3 is 5.11 Å². The van der Waals surface area contributed by atoms with Crippen LogP contribution in [0.15, 0.2) is 11.6 Å². The monoisotopic (exact) mass is 358 g/mol. The normalized spacial score (nSPS) is 44.7. The number of hydrogen-bond acceptors (Lipinski definition) is 2. The summed E-state index contributed by atoms with van der Waals surface area (Å²) in [5.74, 6) is 1.88. The van der Waals surface area contributed by atoms with Gasteiger partial charge in [-0.3, -0.25) is 9.59 Å². The summed E-state index contributed by atoms with van der Waals surface area (Å²) in [6.07, 6.45) is 14.1. The fraction of sp³-hybridized carbons (Fsp3) is 0.826. The van der Waals surface area contributed by atoms with Crippen LogP contribution in [-0.4, -0.2) is 16.9 Å². The molecular formula is C23H34O3. The predicted octanol–water partition coefficient (Wildman–Crippen LogP) is 5.39. The second-order valence-electron chi connectivity index (χ2n) is 9.96. The summed E-state index contributed by atoms with van der Waals surface area (Å²) >= 11 is 0. The van der Waals surface area contributed by atoms with E-state index in [9.17, 15) is 9.59 Å². The van der Waals surface area contributed by atoms with Crippen molar-refractivity contribution in [1.29, 1.82) is 0 Å². The summed E-state index contributed by atoms with van der Waals surface area (Å²) in [5, 5.41) is 8.95. The van der Waals surface area contributed by atoms with E-state index in [0.29, 0.717) is 30.0 Å². The van der Waals surface area contributed by atoms with E-state index in [4.69, 9.17) is 5.11 Å². The number of carboxylic acid groups (broad SMARTS) is 1. The van der Waals surface area contributed by atoms with Crippen molar-refractivity contribution in [3.63, 3.8) is 0 Å². The molecule has 6 atom stereocenters. The second-order valence-corrected chi connectivity index (χ2v) is 9.96. The highest BCUT2D eigenvalue weighted by Gasteiger charge is 2.59. The highest BCUT2D eigenvalue weighted by Crippen LogP contribution is 2.64. The van der Waals surface area contributed by atoms with Gasteiger partial charge in [0, 0.05) is 11.8 Å². The summed E-state index contributed by atoms with van der Waals surface area (Å²) in [6.45, 7) is 4.66. The molecular weight excluding hydrogens is 324 g/mol. The van der Waals surface area contributed by atoms with Gasteiger partial charge in [0.1, 0.15) is 0 Å². The molecule has 0 aromatic heterocycles. The third-order valence-electron chi connectivity index (χ3n) is 8.98. The minimum absolute atomic E-state index is 0.232. The Balaban J connectivity index is 1.61. The topological polar surface area (TPSA) is 54.4 Å². The first kappa shape index (κ1) is 18.3. The number of carbonyl (C=O) groups excluding carboxylic acids is 1. The Bertz CT molecular complexity index is 635. The van der Waals surface area contributed by atoms with Crippen molar-refractivity contribution in [3.05, 3.63) is 11.6 Å². The van der Waals surface area contributed by atoms with Gasteiger partial charge in [0.2, 0.25) is 0 Å². The van der Waals surface area contributed by atoms with Crippen molar-refractivity contribution < 1.29 is 14.7 Å². The molecule has 6 unspecified atom stereocenters. The van der Waals surface area contributed by atoms with Crippen molar-refractivity contribution in [2.75, 3.05) is 0 Å². The third-order valence-corrected chi connectivity index (χ3v) is 8.98. The van der Waals surface area contributed by atoms with Crippen molar-refractivity contribution in [3.8, 4) is 0 Å². The van der Waals surface area contributed by atoms with Gasteiger partial charge in [-0.2, -0.15) is 0 Å². The highest BCUT2D eigenvalue weighted by molar-refractivity contribution is 5.97. The Morgan fingerprint density at radius 2 is 1.96 bits per heavy atom. The van der Waals surface area contributed by atoms with E-state index in [1.54, 1.807) is 0 Å². The van der Waals surface area contributed by atoms with Crippen LogP contribution in [0.4, 0.5) is 0 Å². The van der Waals surface area contributed by atoms with Crippen LogP contribution in [0, 0.1) is 34.5 Å². The van der Waals surface area contributed by atoms with Gasteiger partial charge in [0.05, 0.1) is 0 Å². The van der Waals surface area contributed by atoms with Gasteiger partial charge in [-0.05, 0) is 86.5 Å². The van der Waals surface area contributed by atoms with E-state index in [1.807, 2.05) is 0 Å². The zero-order valence-corrected chi connectivity index (χ0v) is 16.4. The van der Waals surface area contributed by atoms with Crippen LogP contribution in [0.1, 0.15) is 84.5 Å². The molecule has 0 aliphatic heterocycles. The number of aliphatic carboxylic acids is 1. The second kappa shape index (κ2) is 6.49. The Kier molecular flexibility index (Phi) is 4.56. The molecule has 3 fully saturated rings. The molecule has 4 aliphatic carbocycles. The zero-order chi connectivity index (χ0) is 18.5. The molecule has 1 N–H and O–H groups in total. The fourth-order valence-corrected chi connectivity index (χ4v) is 7.43. The number of rotatable bonds is 4. The zero-order valence-electron chi connectivity index (χ0n) is 16.4. The van der Waals surface area contributed by atoms with Crippen molar-refractivity contribution in [2.45, 2.75) is 84.5 Å². The van der Waals surface area contributed by atoms with Gasteiger partial charge in [-0.25, -0.2) is 0 Å². The molecule has 0 radical (unpaired) electrons. The highest BCUT2D eigenvalue weighted by atomic mass is 16.4. The number of hydrogen-bond donors (Lipinski definition) is 1. The molecule has 0 aromatic carbocycles. The lowest BCUT2D eigenvalue weighted by Gasteiger charge is -2.55. The number of allylic oxidation sites excluding steroid dienone is 2. The molecule has 144 valence electrons. The molecule has 3 nitrogen and oxygen atoms in total. The van der Waals surface area contributed by atoms with Crippen molar-refractivity contribution in [2.24, 2.45) is 34.5 Å². The lowest BCUT2D eigenvalue weighted by atomic mass is 9.48. The molecule has 3 heteroatoms. The summed E-state index contributed by atoms with van der Waals surface area (Å²) in [6, 6.07) is 0. The number of fused-ring (bicyclic) bond motifs is 5. The van der Waals surface area contributed by atoms with Crippen LogP contribution in [0.5, 0.6) is 0 Å². The van der Waals surface area contributed by atoms with E-state index < -0.39 is 5.97 Å². The SMILES string of the molecule is CC12CCCCC1CCC1C2=CC(=O)C2(C)C(CCCC(=O)O)CCC12. The van der Waals surface area contributed by atoms with Crippen LogP contribution in [0.2, 0.25) is 0 Å². The summed E-state index contributed by atoms with van der Waals surface area (Å²) in [7, 11) is 0. The Labute approximate surface area is 157 Å². The van der Waals surface area contributed by atoms with Gasteiger partial charge in [-0.15, -0.1) is 0 Å². The first-order valence-electron chi connectivity index (χ1n) is 10.9. The molecule has 3 saturated carbocycles. The van der Waals surface area contributed by atoms with E-state index in [1.165, 1.54) is 44.1 Å². The van der Waals surface area contributed by atoms with Gasteiger partial charge >= 0.3 is 5.97 Å². The number of carbonyl (C=O) groups is 2. The largest absolute Gasteiger partial charge is 0.481 e. The third kappa shape index (κ3) is 2.60. The Morgan fingerprint density at radius 3 is 2.73 bits per heavy atom.